The molecule has 0 aromatic heterocycles. The Balaban J connectivity index is 2.22. The third-order valence-corrected chi connectivity index (χ3v) is 3.70. The molecule has 0 bridgehead atoms. The van der Waals surface area contributed by atoms with Gasteiger partial charge in [-0.15, -0.1) is 0 Å². The Hall–Kier alpha value is -3.15. The molecule has 25 heavy (non-hydrogen) atoms. The van der Waals surface area contributed by atoms with E-state index in [9.17, 15) is 14.4 Å². The number of anilines is 1. The van der Waals surface area contributed by atoms with Crippen LogP contribution in [0.25, 0.3) is 0 Å². The predicted molar refractivity (Wildman–Crippen MR) is 93.3 cm³/mol. The number of hydrogen-bond acceptors (Lipinski definition) is 5. The zero-order valence-corrected chi connectivity index (χ0v) is 14.3. The molecule has 2 aromatic rings. The van der Waals surface area contributed by atoms with Gasteiger partial charge in [-0.2, -0.15) is 0 Å². The van der Waals surface area contributed by atoms with E-state index in [1.165, 1.54) is 12.0 Å². The molecule has 6 heteroatoms. The van der Waals surface area contributed by atoms with E-state index in [0.717, 1.165) is 5.56 Å². The topological polar surface area (TPSA) is 72.9 Å². The molecule has 0 N–H and O–H groups in total. The van der Waals surface area contributed by atoms with Gasteiger partial charge in [-0.25, -0.2) is 4.79 Å². The normalized spacial score (nSPS) is 10.0. The molecule has 0 heterocycles. The summed E-state index contributed by atoms with van der Waals surface area (Å²) < 4.78 is 10.3. The molecule has 0 atom stereocenters. The summed E-state index contributed by atoms with van der Waals surface area (Å²) in [7, 11) is 3.04. The molecule has 2 aromatic carbocycles. The van der Waals surface area contributed by atoms with Crippen molar-refractivity contribution in [2.45, 2.75) is 6.92 Å². The molecular weight excluding hydrogens is 322 g/mol. The first kappa shape index (κ1) is 18.2. The molecule has 0 aliphatic heterocycles. The van der Waals surface area contributed by atoms with Gasteiger partial charge in [-0.05, 0) is 36.8 Å². The lowest BCUT2D eigenvalue weighted by atomic mass is 10.0. The monoisotopic (exact) mass is 341 g/mol. The highest BCUT2D eigenvalue weighted by Crippen LogP contribution is 2.28. The molecule has 2 rings (SSSR count). The van der Waals surface area contributed by atoms with Gasteiger partial charge in [0, 0.05) is 12.6 Å². The summed E-state index contributed by atoms with van der Waals surface area (Å²) in [6.45, 7) is 1.38. The van der Waals surface area contributed by atoms with Gasteiger partial charge in [-0.3, -0.25) is 9.59 Å². The maximum Gasteiger partial charge on any atom is 0.338 e. The van der Waals surface area contributed by atoms with Crippen molar-refractivity contribution in [1.29, 1.82) is 0 Å². The molecule has 0 fully saturated rings. The van der Waals surface area contributed by atoms with E-state index in [1.54, 1.807) is 49.5 Å². The largest absolute Gasteiger partial charge is 0.496 e. The van der Waals surface area contributed by atoms with Crippen LogP contribution in [-0.4, -0.2) is 38.9 Å². The fraction of sp³-hybridized carbons (Fsp3) is 0.211. The molecule has 0 unspecified atom stereocenters. The minimum atomic E-state index is -0.585. The maximum atomic E-state index is 12.5. The van der Waals surface area contributed by atoms with Gasteiger partial charge < -0.3 is 14.4 Å². The predicted octanol–water partition coefficient (Wildman–Crippen LogP) is 2.64. The molecule has 0 aliphatic carbocycles. The number of Topliss-reactive ketones (excluding diaryl/α,β-unsaturated/α-hetero) is 1. The van der Waals surface area contributed by atoms with Crippen LogP contribution < -0.4 is 9.64 Å². The molecule has 1 amide bonds. The van der Waals surface area contributed by atoms with Crippen LogP contribution >= 0.6 is 0 Å². The summed E-state index contributed by atoms with van der Waals surface area (Å²) in [5, 5.41) is 0. The number of benzene rings is 2. The lowest BCUT2D eigenvalue weighted by Crippen LogP contribution is -2.21. The molecule has 0 radical (unpaired) electrons. The molecule has 0 spiro atoms. The summed E-state index contributed by atoms with van der Waals surface area (Å²) in [4.78, 5) is 36.9. The van der Waals surface area contributed by atoms with Crippen LogP contribution in [0.15, 0.2) is 42.5 Å². The number of esters is 1. The second-order valence-electron chi connectivity index (χ2n) is 5.42. The van der Waals surface area contributed by atoms with Crippen LogP contribution in [0.4, 0.5) is 5.69 Å². The number of hydrogen-bond donors (Lipinski definition) is 0. The second-order valence-corrected chi connectivity index (χ2v) is 5.42. The molecule has 0 saturated heterocycles. The van der Waals surface area contributed by atoms with E-state index in [1.807, 2.05) is 6.92 Å². The van der Waals surface area contributed by atoms with Crippen molar-refractivity contribution in [3.05, 3.63) is 59.2 Å². The molecule has 0 saturated carbocycles. The fourth-order valence-corrected chi connectivity index (χ4v) is 2.33. The van der Waals surface area contributed by atoms with E-state index in [0.29, 0.717) is 23.4 Å². The van der Waals surface area contributed by atoms with Crippen molar-refractivity contribution in [1.82, 2.24) is 0 Å². The number of aryl methyl sites for hydroxylation is 1. The van der Waals surface area contributed by atoms with Gasteiger partial charge in [0.15, 0.2) is 6.61 Å². The van der Waals surface area contributed by atoms with Gasteiger partial charge >= 0.3 is 5.97 Å². The Morgan fingerprint density at radius 2 is 1.84 bits per heavy atom. The number of nitrogens with zero attached hydrogens (tertiary/aromatic N) is 1. The minimum Gasteiger partial charge on any atom is -0.496 e. The highest BCUT2D eigenvalue weighted by molar-refractivity contribution is 6.05. The van der Waals surface area contributed by atoms with Crippen molar-refractivity contribution in [3.63, 3.8) is 0 Å². The van der Waals surface area contributed by atoms with Crippen molar-refractivity contribution in [3.8, 4) is 5.75 Å². The summed E-state index contributed by atoms with van der Waals surface area (Å²) in [5.74, 6) is -0.495. The van der Waals surface area contributed by atoms with Gasteiger partial charge in [-0.1, -0.05) is 18.2 Å². The van der Waals surface area contributed by atoms with Gasteiger partial charge in [0.25, 0.3) is 0 Å². The van der Waals surface area contributed by atoms with Crippen LogP contribution in [0.5, 0.6) is 5.75 Å². The first-order valence-electron chi connectivity index (χ1n) is 7.60. The molecular formula is C19H19NO5. The Morgan fingerprint density at radius 1 is 1.16 bits per heavy atom. The second kappa shape index (κ2) is 8.10. The summed E-state index contributed by atoms with van der Waals surface area (Å²) >= 11 is 0. The van der Waals surface area contributed by atoms with Crippen molar-refractivity contribution < 1.29 is 23.9 Å². The summed E-state index contributed by atoms with van der Waals surface area (Å²) in [5.41, 5.74) is 1.82. The first-order chi connectivity index (χ1) is 12.0. The lowest BCUT2D eigenvalue weighted by Gasteiger charge is -2.18. The Kier molecular flexibility index (Phi) is 5.89. The van der Waals surface area contributed by atoms with Crippen LogP contribution in [0.3, 0.4) is 0 Å². The standard InChI is InChI=1S/C19H19NO5/c1-13-9-16(20(2)12-21)15(10-18(13)24-3)17(22)11-25-19(23)14-7-5-4-6-8-14/h4-10,12H,11H2,1-3H3. The zero-order valence-electron chi connectivity index (χ0n) is 14.3. The van der Waals surface area contributed by atoms with Crippen LogP contribution in [0.1, 0.15) is 26.3 Å². The average Bonchev–Trinajstić information content (AvgIpc) is 2.65. The highest BCUT2D eigenvalue weighted by Gasteiger charge is 2.19. The third kappa shape index (κ3) is 4.23. The number of ether oxygens (including phenoxy) is 2. The van der Waals surface area contributed by atoms with Gasteiger partial charge in [0.05, 0.1) is 18.4 Å². The molecule has 0 aliphatic rings. The van der Waals surface area contributed by atoms with Gasteiger partial charge in [0.2, 0.25) is 12.2 Å². The number of carbonyl (C=O) groups is 3. The highest BCUT2D eigenvalue weighted by atomic mass is 16.5. The van der Waals surface area contributed by atoms with Crippen LogP contribution in [0.2, 0.25) is 0 Å². The third-order valence-electron chi connectivity index (χ3n) is 3.70. The Morgan fingerprint density at radius 3 is 2.44 bits per heavy atom. The van der Waals surface area contributed by atoms with Gasteiger partial charge in [0.1, 0.15) is 5.75 Å². The SMILES string of the molecule is COc1cc(C(=O)COC(=O)c2ccccc2)c(N(C)C=O)cc1C. The summed E-state index contributed by atoms with van der Waals surface area (Å²) in [6, 6.07) is 11.6. The fourth-order valence-electron chi connectivity index (χ4n) is 2.33. The lowest BCUT2D eigenvalue weighted by molar-refractivity contribution is -0.107. The Labute approximate surface area is 146 Å². The summed E-state index contributed by atoms with van der Waals surface area (Å²) in [6.07, 6.45) is 0.605. The smallest absolute Gasteiger partial charge is 0.338 e. The number of methoxy groups -OCH3 is 1. The quantitative estimate of drug-likeness (QED) is 0.440. The molecule has 130 valence electrons. The minimum absolute atomic E-state index is 0.248. The Bertz CT molecular complexity index is 786. The first-order valence-corrected chi connectivity index (χ1v) is 7.60. The van der Waals surface area contributed by atoms with Crippen molar-refractivity contribution >= 4 is 23.9 Å². The van der Waals surface area contributed by atoms with E-state index in [4.69, 9.17) is 9.47 Å². The number of rotatable bonds is 7. The van der Waals surface area contributed by atoms with E-state index >= 15 is 0 Å². The van der Waals surface area contributed by atoms with E-state index in [2.05, 4.69) is 0 Å². The zero-order chi connectivity index (χ0) is 18.4. The van der Waals surface area contributed by atoms with Crippen LogP contribution in [-0.2, 0) is 9.53 Å². The molecule has 6 nitrogen and oxygen atoms in total. The number of carbonyl (C=O) groups excluding carboxylic acids is 3. The van der Waals surface area contributed by atoms with E-state index in [-0.39, 0.29) is 5.56 Å². The van der Waals surface area contributed by atoms with Crippen molar-refractivity contribution in [2.75, 3.05) is 25.7 Å². The van der Waals surface area contributed by atoms with Crippen molar-refractivity contribution in [2.24, 2.45) is 0 Å². The number of ketones is 1. The van der Waals surface area contributed by atoms with E-state index < -0.39 is 18.4 Å². The average molecular weight is 341 g/mol. The van der Waals surface area contributed by atoms with Crippen LogP contribution in [0, 0.1) is 6.92 Å². The maximum absolute atomic E-state index is 12.5. The number of amides is 1.